The Labute approximate surface area is 286 Å². The fourth-order valence-corrected chi connectivity index (χ4v) is 4.75. The van der Waals surface area contributed by atoms with Crippen LogP contribution in [0.1, 0.15) is 19.4 Å². The minimum Gasteiger partial charge on any atom is -0.512 e. The smallest absolute Gasteiger partial charge is 0.182 e. The number of aromatic nitrogens is 2. The van der Waals surface area contributed by atoms with E-state index in [1.54, 1.807) is 42.7 Å². The van der Waals surface area contributed by atoms with Gasteiger partial charge in [-0.1, -0.05) is 36.9 Å². The second-order valence-electron chi connectivity index (χ2n) is 10.3. The Kier molecular flexibility index (Phi) is 11.9. The number of allylic oxidation sites excluding steroid dienone is 4. The fraction of sp³-hybridized carbons (Fsp3) is 0.0769. The standard InChI is InChI=1S/C18H10NO2.C16H13NO.C5H8O2.Ir/c20-18-13-5-1-2-7-16(13)21-17-9-8-12(11-14(17)18)15-6-3-4-10-19-15;1-2-14-8-6-13-11-12(7-9-16(13)18-14)15-5-3-4-10-17-15;1-4(6)3-5(2)7;/h1-7,9-11H;2-5,7-11H,1,6H2;3,6H,1-2H3;/q-1;;;. The molecule has 0 spiro atoms. The van der Waals surface area contributed by atoms with Crippen molar-refractivity contribution in [2.75, 3.05) is 0 Å². The molecule has 47 heavy (non-hydrogen) atoms. The Hall–Kier alpha value is -5.43. The molecule has 0 aliphatic carbocycles. The summed E-state index contributed by atoms with van der Waals surface area (Å²) in [7, 11) is 0. The van der Waals surface area contributed by atoms with Crippen molar-refractivity contribution in [1.82, 2.24) is 9.97 Å². The molecule has 1 N–H and O–H groups in total. The summed E-state index contributed by atoms with van der Waals surface area (Å²) in [6.45, 7) is 6.57. The predicted octanol–water partition coefficient (Wildman–Crippen LogP) is 8.60. The first-order valence-corrected chi connectivity index (χ1v) is 14.5. The number of rotatable bonds is 4. The Balaban J connectivity index is 0.000000176. The van der Waals surface area contributed by atoms with Crippen molar-refractivity contribution in [3.63, 3.8) is 0 Å². The summed E-state index contributed by atoms with van der Waals surface area (Å²) in [6.07, 6.45) is 9.34. The van der Waals surface area contributed by atoms with Gasteiger partial charge in [-0.2, -0.15) is 0 Å². The van der Waals surface area contributed by atoms with Gasteiger partial charge < -0.3 is 19.2 Å². The first-order chi connectivity index (χ1) is 22.3. The number of nitrogens with zero attached hydrogens (tertiary/aromatic N) is 2. The molecule has 0 amide bonds. The third-order valence-corrected chi connectivity index (χ3v) is 6.84. The molecule has 0 saturated carbocycles. The van der Waals surface area contributed by atoms with Gasteiger partial charge in [0.15, 0.2) is 11.2 Å². The maximum atomic E-state index is 12.6. The van der Waals surface area contributed by atoms with Crippen molar-refractivity contribution in [2.45, 2.75) is 20.3 Å². The molecule has 0 bridgehead atoms. The number of fused-ring (bicyclic) bond motifs is 3. The molecule has 4 heterocycles. The summed E-state index contributed by atoms with van der Waals surface area (Å²) >= 11 is 0. The summed E-state index contributed by atoms with van der Waals surface area (Å²) in [5.41, 5.74) is 5.96. The van der Waals surface area contributed by atoms with Crippen molar-refractivity contribution in [3.8, 4) is 28.3 Å². The number of carbonyl (C=O) groups is 1. The van der Waals surface area contributed by atoms with Crippen LogP contribution in [0, 0.1) is 6.07 Å². The van der Waals surface area contributed by atoms with Crippen LogP contribution in [0.4, 0.5) is 0 Å². The van der Waals surface area contributed by atoms with Gasteiger partial charge in [0, 0.05) is 44.1 Å². The fourth-order valence-electron chi connectivity index (χ4n) is 4.75. The average molecular weight is 800 g/mol. The van der Waals surface area contributed by atoms with E-state index in [9.17, 15) is 9.59 Å². The number of carbonyl (C=O) groups excluding carboxylic acids is 1. The van der Waals surface area contributed by atoms with E-state index in [4.69, 9.17) is 14.3 Å². The second-order valence-corrected chi connectivity index (χ2v) is 10.3. The van der Waals surface area contributed by atoms with Crippen LogP contribution in [-0.4, -0.2) is 20.9 Å². The normalized spacial score (nSPS) is 11.7. The van der Waals surface area contributed by atoms with E-state index in [0.717, 1.165) is 40.4 Å². The molecular weight excluding hydrogens is 769 g/mol. The molecule has 237 valence electrons. The Bertz CT molecular complexity index is 2130. The number of pyridine rings is 2. The number of benzene rings is 3. The maximum absolute atomic E-state index is 12.6. The van der Waals surface area contributed by atoms with Crippen LogP contribution in [0.15, 0.2) is 149 Å². The quantitative estimate of drug-likeness (QED) is 0.0825. The molecule has 0 unspecified atom stereocenters. The number of ketones is 1. The summed E-state index contributed by atoms with van der Waals surface area (Å²) in [4.78, 5) is 31.2. The molecule has 1 aliphatic rings. The molecule has 0 saturated heterocycles. The van der Waals surface area contributed by atoms with Crippen molar-refractivity contribution in [1.29, 1.82) is 0 Å². The Morgan fingerprint density at radius 1 is 0.894 bits per heavy atom. The number of aliphatic hydroxyl groups excluding tert-OH is 1. The van der Waals surface area contributed by atoms with Crippen LogP contribution in [0.25, 0.3) is 44.5 Å². The molecule has 3 aromatic carbocycles. The monoisotopic (exact) mass is 800 g/mol. The van der Waals surface area contributed by atoms with E-state index in [0.29, 0.717) is 21.9 Å². The molecule has 0 atom stereocenters. The maximum Gasteiger partial charge on any atom is 0.182 e. The predicted molar refractivity (Wildman–Crippen MR) is 181 cm³/mol. The topological polar surface area (TPSA) is 103 Å². The van der Waals surface area contributed by atoms with E-state index >= 15 is 0 Å². The van der Waals surface area contributed by atoms with Crippen LogP contribution in [0.5, 0.6) is 5.75 Å². The summed E-state index contributed by atoms with van der Waals surface area (Å²) in [5, 5.41) is 9.50. The van der Waals surface area contributed by atoms with Gasteiger partial charge >= 0.3 is 0 Å². The first-order valence-electron chi connectivity index (χ1n) is 14.5. The summed E-state index contributed by atoms with van der Waals surface area (Å²) in [5.74, 6) is 1.67. The molecule has 1 radical (unpaired) electrons. The van der Waals surface area contributed by atoms with Gasteiger partial charge in [0.1, 0.15) is 17.1 Å². The Morgan fingerprint density at radius 3 is 2.23 bits per heavy atom. The van der Waals surface area contributed by atoms with Crippen LogP contribution in [0.2, 0.25) is 0 Å². The number of aliphatic hydroxyl groups is 1. The number of para-hydroxylation sites is 1. The van der Waals surface area contributed by atoms with Gasteiger partial charge in [0.25, 0.3) is 0 Å². The van der Waals surface area contributed by atoms with Crippen LogP contribution in [-0.2, 0) is 31.3 Å². The van der Waals surface area contributed by atoms with Crippen molar-refractivity contribution >= 4 is 27.7 Å². The first kappa shape index (κ1) is 34.4. The molecule has 7 rings (SSSR count). The third kappa shape index (κ3) is 8.85. The minimum absolute atomic E-state index is 0. The van der Waals surface area contributed by atoms with Crippen LogP contribution in [0.3, 0.4) is 0 Å². The van der Waals surface area contributed by atoms with Gasteiger partial charge in [-0.15, -0.1) is 23.8 Å². The van der Waals surface area contributed by atoms with Gasteiger partial charge in [-0.05, 0) is 97.6 Å². The van der Waals surface area contributed by atoms with E-state index in [1.807, 2.05) is 66.7 Å². The Morgan fingerprint density at radius 2 is 1.60 bits per heavy atom. The van der Waals surface area contributed by atoms with Crippen molar-refractivity contribution in [2.24, 2.45) is 0 Å². The molecule has 6 aromatic rings. The number of ether oxygens (including phenoxy) is 1. The SMILES string of the molecule is C=CC1=CCc2cc(-c3ccccn3)ccc2O1.CC(=O)C=C(C)O.O=c1c2ccccc2oc2c[c-]c(-c3ccccn3)cc12.[Ir]. The average Bonchev–Trinajstić information content (AvgIpc) is 3.08. The van der Waals surface area contributed by atoms with E-state index < -0.39 is 0 Å². The molecule has 0 fully saturated rings. The van der Waals surface area contributed by atoms with E-state index in [1.165, 1.54) is 25.5 Å². The van der Waals surface area contributed by atoms with Gasteiger partial charge in [0.05, 0.1) is 22.4 Å². The third-order valence-electron chi connectivity index (χ3n) is 6.84. The molecular formula is C39H31IrN2O5-. The molecule has 8 heteroatoms. The zero-order valence-electron chi connectivity index (χ0n) is 25.8. The summed E-state index contributed by atoms with van der Waals surface area (Å²) < 4.78 is 11.5. The van der Waals surface area contributed by atoms with Gasteiger partial charge in [0.2, 0.25) is 0 Å². The molecule has 1 aliphatic heterocycles. The summed E-state index contributed by atoms with van der Waals surface area (Å²) in [6, 6.07) is 31.6. The number of hydrogen-bond donors (Lipinski definition) is 1. The van der Waals surface area contributed by atoms with Crippen LogP contribution >= 0.6 is 0 Å². The van der Waals surface area contributed by atoms with Crippen LogP contribution < -0.4 is 10.2 Å². The largest absolute Gasteiger partial charge is 0.512 e. The zero-order chi connectivity index (χ0) is 32.5. The minimum atomic E-state index is -0.125. The van der Waals surface area contributed by atoms with Gasteiger partial charge in [-0.3, -0.25) is 14.6 Å². The molecule has 3 aromatic heterocycles. The molecule has 7 nitrogen and oxygen atoms in total. The second kappa shape index (κ2) is 16.2. The van der Waals surface area contributed by atoms with Crippen molar-refractivity contribution in [3.05, 3.63) is 162 Å². The van der Waals surface area contributed by atoms with Crippen molar-refractivity contribution < 1.29 is 39.2 Å². The zero-order valence-corrected chi connectivity index (χ0v) is 28.2. The van der Waals surface area contributed by atoms with Gasteiger partial charge in [-0.25, -0.2) is 0 Å². The number of hydrogen-bond acceptors (Lipinski definition) is 7. The van der Waals surface area contributed by atoms with E-state index in [2.05, 4.69) is 28.7 Å². The van der Waals surface area contributed by atoms with E-state index in [-0.39, 0.29) is 37.1 Å².